The summed E-state index contributed by atoms with van der Waals surface area (Å²) in [6.07, 6.45) is 0.780. The van der Waals surface area contributed by atoms with Crippen LogP contribution >= 0.6 is 0 Å². The number of rotatable bonds is 9. The van der Waals surface area contributed by atoms with Gasteiger partial charge in [-0.25, -0.2) is 4.68 Å². The number of H-pyrrole nitrogens is 1. The molecule has 0 bridgehead atoms. The van der Waals surface area contributed by atoms with E-state index in [1.165, 1.54) is 5.56 Å². The van der Waals surface area contributed by atoms with Crippen molar-refractivity contribution in [3.05, 3.63) is 106 Å². The third-order valence-electron chi connectivity index (χ3n) is 7.75. The Hall–Kier alpha value is -4.70. The molecule has 0 spiro atoms. The lowest BCUT2D eigenvalue weighted by atomic mass is 10.0. The topological polar surface area (TPSA) is 101 Å². The number of fused-ring (bicyclic) bond motifs is 1. The van der Waals surface area contributed by atoms with Crippen LogP contribution in [0.15, 0.2) is 83.7 Å². The SMILES string of the molecule is COc1ccc(N2CCN(C(c3cc4cc(OC)ccc4[nH]c3=O)c3nnnn3CCc3ccccc3)CC2)cc1. The number of nitrogens with one attached hydrogen (secondary N) is 1. The molecule has 0 radical (unpaired) electrons. The van der Waals surface area contributed by atoms with Gasteiger partial charge in [0.15, 0.2) is 5.82 Å². The summed E-state index contributed by atoms with van der Waals surface area (Å²) in [6.45, 7) is 3.67. The Morgan fingerprint density at radius 2 is 1.61 bits per heavy atom. The van der Waals surface area contributed by atoms with Crippen LogP contribution in [0.5, 0.6) is 11.5 Å². The summed E-state index contributed by atoms with van der Waals surface area (Å²) in [7, 11) is 3.31. The average molecular weight is 552 g/mol. The van der Waals surface area contributed by atoms with Crippen LogP contribution in [0.4, 0.5) is 5.69 Å². The van der Waals surface area contributed by atoms with Crippen LogP contribution in [-0.4, -0.2) is 70.5 Å². The molecule has 1 unspecified atom stereocenters. The van der Waals surface area contributed by atoms with Gasteiger partial charge in [0.2, 0.25) is 0 Å². The number of pyridine rings is 1. The van der Waals surface area contributed by atoms with Crippen molar-refractivity contribution >= 4 is 16.6 Å². The first-order chi connectivity index (χ1) is 20.1. The van der Waals surface area contributed by atoms with Crippen molar-refractivity contribution < 1.29 is 9.47 Å². The van der Waals surface area contributed by atoms with E-state index < -0.39 is 6.04 Å². The standard InChI is InChI=1S/C31H33N7O3/c1-40-25-10-8-24(9-11-25)36-16-18-37(19-17-36)29(27-21-23-20-26(41-2)12-13-28(23)32-31(27)39)30-33-34-35-38(30)15-14-22-6-4-3-5-7-22/h3-13,20-21,29H,14-19H2,1-2H3,(H,32,39). The molecule has 0 saturated carbocycles. The summed E-state index contributed by atoms with van der Waals surface area (Å²) in [5.41, 5.74) is 3.56. The van der Waals surface area contributed by atoms with Gasteiger partial charge in [-0.05, 0) is 70.9 Å². The van der Waals surface area contributed by atoms with Crippen LogP contribution in [-0.2, 0) is 13.0 Å². The number of aryl methyl sites for hydroxylation is 2. The highest BCUT2D eigenvalue weighted by Crippen LogP contribution is 2.30. The zero-order chi connectivity index (χ0) is 28.2. The molecule has 3 aromatic carbocycles. The van der Waals surface area contributed by atoms with Gasteiger partial charge in [-0.3, -0.25) is 9.69 Å². The molecular weight excluding hydrogens is 518 g/mol. The molecule has 1 fully saturated rings. The van der Waals surface area contributed by atoms with Crippen molar-refractivity contribution in [3.63, 3.8) is 0 Å². The van der Waals surface area contributed by atoms with Crippen molar-refractivity contribution in [3.8, 4) is 11.5 Å². The molecule has 1 N–H and O–H groups in total. The summed E-state index contributed by atoms with van der Waals surface area (Å²) < 4.78 is 12.6. The van der Waals surface area contributed by atoms with Gasteiger partial charge >= 0.3 is 0 Å². The van der Waals surface area contributed by atoms with Crippen molar-refractivity contribution in [2.24, 2.45) is 0 Å². The fraction of sp³-hybridized carbons (Fsp3) is 0.290. The molecule has 1 aliphatic heterocycles. The molecule has 41 heavy (non-hydrogen) atoms. The molecule has 10 heteroatoms. The largest absolute Gasteiger partial charge is 0.497 e. The molecule has 5 aromatic rings. The fourth-order valence-electron chi connectivity index (χ4n) is 5.51. The number of hydrogen-bond donors (Lipinski definition) is 1. The highest BCUT2D eigenvalue weighted by molar-refractivity contribution is 5.80. The Morgan fingerprint density at radius 1 is 0.878 bits per heavy atom. The van der Waals surface area contributed by atoms with E-state index in [1.54, 1.807) is 14.2 Å². The van der Waals surface area contributed by atoms with E-state index in [2.05, 4.69) is 54.6 Å². The zero-order valence-corrected chi connectivity index (χ0v) is 23.2. The number of tetrazole rings is 1. The van der Waals surface area contributed by atoms with E-state index in [9.17, 15) is 4.79 Å². The maximum absolute atomic E-state index is 13.6. The van der Waals surface area contributed by atoms with Gasteiger partial charge in [-0.15, -0.1) is 5.10 Å². The first-order valence-corrected chi connectivity index (χ1v) is 13.8. The predicted molar refractivity (Wildman–Crippen MR) is 158 cm³/mol. The van der Waals surface area contributed by atoms with Gasteiger partial charge in [0.1, 0.15) is 17.5 Å². The molecule has 1 atom stereocenters. The van der Waals surface area contributed by atoms with Crippen molar-refractivity contribution in [1.29, 1.82) is 0 Å². The predicted octanol–water partition coefficient (Wildman–Crippen LogP) is 3.69. The lowest BCUT2D eigenvalue weighted by molar-refractivity contribution is 0.199. The molecular formula is C31H33N7O3. The Balaban J connectivity index is 1.34. The van der Waals surface area contributed by atoms with E-state index in [4.69, 9.17) is 9.47 Å². The number of piperazine rings is 1. The van der Waals surface area contributed by atoms with Crippen LogP contribution in [0.2, 0.25) is 0 Å². The summed E-state index contributed by atoms with van der Waals surface area (Å²) in [5.74, 6) is 2.22. The second-order valence-electron chi connectivity index (χ2n) is 10.1. The van der Waals surface area contributed by atoms with Crippen LogP contribution in [0, 0.1) is 0 Å². The van der Waals surface area contributed by atoms with E-state index in [1.807, 2.05) is 59.3 Å². The number of aromatic amines is 1. The number of hydrogen-bond acceptors (Lipinski definition) is 8. The fourth-order valence-corrected chi connectivity index (χ4v) is 5.51. The van der Waals surface area contributed by atoms with Gasteiger partial charge in [-0.2, -0.15) is 0 Å². The molecule has 10 nitrogen and oxygen atoms in total. The number of aromatic nitrogens is 5. The normalized spacial score (nSPS) is 14.7. The summed E-state index contributed by atoms with van der Waals surface area (Å²) in [5, 5.41) is 13.8. The molecule has 210 valence electrons. The molecule has 1 saturated heterocycles. The summed E-state index contributed by atoms with van der Waals surface area (Å²) in [6, 6.07) is 25.6. The second-order valence-corrected chi connectivity index (χ2v) is 10.1. The van der Waals surface area contributed by atoms with Gasteiger partial charge in [0.05, 0.1) is 14.2 Å². The van der Waals surface area contributed by atoms with E-state index in [0.29, 0.717) is 17.9 Å². The van der Waals surface area contributed by atoms with Crippen LogP contribution in [0.25, 0.3) is 10.9 Å². The number of benzene rings is 3. The number of methoxy groups -OCH3 is 2. The zero-order valence-electron chi connectivity index (χ0n) is 23.2. The van der Waals surface area contributed by atoms with E-state index >= 15 is 0 Å². The van der Waals surface area contributed by atoms with Crippen LogP contribution in [0.1, 0.15) is 23.0 Å². The number of anilines is 1. The van der Waals surface area contributed by atoms with E-state index in [-0.39, 0.29) is 5.56 Å². The number of nitrogens with zero attached hydrogens (tertiary/aromatic N) is 6. The highest BCUT2D eigenvalue weighted by atomic mass is 16.5. The summed E-state index contributed by atoms with van der Waals surface area (Å²) >= 11 is 0. The third-order valence-corrected chi connectivity index (χ3v) is 7.75. The minimum Gasteiger partial charge on any atom is -0.497 e. The lowest BCUT2D eigenvalue weighted by Gasteiger charge is -2.39. The van der Waals surface area contributed by atoms with Crippen molar-refractivity contribution in [2.45, 2.75) is 19.0 Å². The van der Waals surface area contributed by atoms with Gasteiger partial charge < -0.3 is 19.4 Å². The molecule has 3 heterocycles. The van der Waals surface area contributed by atoms with Gasteiger partial charge in [0, 0.05) is 54.9 Å². The molecule has 1 aliphatic rings. The monoisotopic (exact) mass is 551 g/mol. The first kappa shape index (κ1) is 26.5. The Morgan fingerprint density at radius 3 is 2.34 bits per heavy atom. The van der Waals surface area contributed by atoms with E-state index in [0.717, 1.165) is 60.7 Å². The number of ether oxygens (including phenoxy) is 2. The lowest BCUT2D eigenvalue weighted by Crippen LogP contribution is -2.49. The quantitative estimate of drug-likeness (QED) is 0.296. The maximum Gasteiger partial charge on any atom is 0.253 e. The van der Waals surface area contributed by atoms with Crippen molar-refractivity contribution in [1.82, 2.24) is 30.1 Å². The second kappa shape index (κ2) is 11.8. The molecule has 2 aromatic heterocycles. The Labute approximate surface area is 238 Å². The third kappa shape index (κ3) is 5.64. The highest BCUT2D eigenvalue weighted by Gasteiger charge is 2.32. The minimum absolute atomic E-state index is 0.150. The molecule has 0 aliphatic carbocycles. The first-order valence-electron chi connectivity index (χ1n) is 13.8. The summed E-state index contributed by atoms with van der Waals surface area (Å²) in [4.78, 5) is 21.3. The van der Waals surface area contributed by atoms with Crippen LogP contribution in [0.3, 0.4) is 0 Å². The Bertz CT molecular complexity index is 1660. The van der Waals surface area contributed by atoms with Gasteiger partial charge in [-0.1, -0.05) is 30.3 Å². The smallest absolute Gasteiger partial charge is 0.253 e. The van der Waals surface area contributed by atoms with Gasteiger partial charge in [0.25, 0.3) is 5.56 Å². The van der Waals surface area contributed by atoms with Crippen LogP contribution < -0.4 is 19.9 Å². The minimum atomic E-state index is -0.418. The maximum atomic E-state index is 13.6. The Kier molecular flexibility index (Phi) is 7.64. The molecule has 6 rings (SSSR count). The van der Waals surface area contributed by atoms with Crippen molar-refractivity contribution in [2.75, 3.05) is 45.3 Å². The molecule has 0 amide bonds. The average Bonchev–Trinajstić information content (AvgIpc) is 3.49.